The fraction of sp³-hybridized carbons (Fsp3) is 1.00. The van der Waals surface area contributed by atoms with Gasteiger partial charge < -0.3 is 10.1 Å². The van der Waals surface area contributed by atoms with Gasteiger partial charge in [-0.1, -0.05) is 0 Å². The molecule has 2 saturated heterocycles. The van der Waals surface area contributed by atoms with Gasteiger partial charge in [-0.2, -0.15) is 0 Å². The van der Waals surface area contributed by atoms with Gasteiger partial charge in [0.1, 0.15) is 0 Å². The van der Waals surface area contributed by atoms with Gasteiger partial charge in [-0.05, 0) is 34.4 Å². The lowest BCUT2D eigenvalue weighted by Crippen LogP contribution is -2.59. The Morgan fingerprint density at radius 2 is 2.17 bits per heavy atom. The second-order valence-electron chi connectivity index (χ2n) is 6.49. The predicted octanol–water partition coefficient (Wildman–Crippen LogP) is 0.637. The highest BCUT2D eigenvalue weighted by Crippen LogP contribution is 2.22. The third-order valence-corrected chi connectivity index (χ3v) is 4.76. The summed E-state index contributed by atoms with van der Waals surface area (Å²) in [7, 11) is 4.32. The van der Waals surface area contributed by atoms with Crippen LogP contribution in [0.1, 0.15) is 20.3 Å². The average Bonchev–Trinajstić information content (AvgIpc) is 2.84. The van der Waals surface area contributed by atoms with Gasteiger partial charge in [0, 0.05) is 50.3 Å². The van der Waals surface area contributed by atoms with Gasteiger partial charge in [-0.25, -0.2) is 0 Å². The fourth-order valence-electron chi connectivity index (χ4n) is 3.12. The first kappa shape index (κ1) is 14.3. The molecule has 2 unspecified atom stereocenters. The molecule has 106 valence electrons. The highest BCUT2D eigenvalue weighted by molar-refractivity contribution is 4.91. The first-order valence-electron chi connectivity index (χ1n) is 7.21. The van der Waals surface area contributed by atoms with Crippen molar-refractivity contribution in [1.82, 2.24) is 15.1 Å². The molecule has 0 amide bonds. The first-order chi connectivity index (χ1) is 8.53. The van der Waals surface area contributed by atoms with Crippen LogP contribution < -0.4 is 5.32 Å². The van der Waals surface area contributed by atoms with Crippen molar-refractivity contribution in [2.24, 2.45) is 5.92 Å². The Hall–Kier alpha value is -0.160. The summed E-state index contributed by atoms with van der Waals surface area (Å²) in [5.74, 6) is 0.692. The van der Waals surface area contributed by atoms with E-state index < -0.39 is 0 Å². The maximum Gasteiger partial charge on any atom is 0.0510 e. The van der Waals surface area contributed by atoms with Crippen LogP contribution in [0.2, 0.25) is 0 Å². The molecule has 0 bridgehead atoms. The van der Waals surface area contributed by atoms with Gasteiger partial charge in [-0.3, -0.25) is 9.80 Å². The average molecular weight is 255 g/mol. The van der Waals surface area contributed by atoms with Crippen LogP contribution in [0.5, 0.6) is 0 Å². The van der Waals surface area contributed by atoms with Crippen molar-refractivity contribution < 1.29 is 4.74 Å². The SMILES string of the molecule is CNC(CN1CCN(C)C(C)(C)C1)C1CCOC1. The molecule has 4 nitrogen and oxygen atoms in total. The Kier molecular flexibility index (Phi) is 4.64. The highest BCUT2D eigenvalue weighted by atomic mass is 16.5. The van der Waals surface area contributed by atoms with Crippen LogP contribution in [0, 0.1) is 5.92 Å². The van der Waals surface area contributed by atoms with E-state index in [0.29, 0.717) is 17.5 Å². The largest absolute Gasteiger partial charge is 0.381 e. The lowest BCUT2D eigenvalue weighted by atomic mass is 9.95. The summed E-state index contributed by atoms with van der Waals surface area (Å²) >= 11 is 0. The van der Waals surface area contributed by atoms with Gasteiger partial charge in [0.2, 0.25) is 0 Å². The molecule has 0 saturated carbocycles. The van der Waals surface area contributed by atoms with Crippen molar-refractivity contribution in [2.75, 3.05) is 53.5 Å². The van der Waals surface area contributed by atoms with E-state index in [1.54, 1.807) is 0 Å². The minimum atomic E-state index is 0.294. The van der Waals surface area contributed by atoms with Crippen LogP contribution in [-0.2, 0) is 4.74 Å². The van der Waals surface area contributed by atoms with Crippen molar-refractivity contribution in [1.29, 1.82) is 0 Å². The summed E-state index contributed by atoms with van der Waals surface area (Å²) in [6.07, 6.45) is 1.21. The Balaban J connectivity index is 1.88. The molecule has 2 rings (SSSR count). The van der Waals surface area contributed by atoms with E-state index in [1.807, 2.05) is 0 Å². The molecule has 0 aromatic rings. The number of likely N-dealkylation sites (N-methyl/N-ethyl adjacent to an activating group) is 2. The molecule has 2 aliphatic heterocycles. The third kappa shape index (κ3) is 3.23. The number of piperazine rings is 1. The maximum atomic E-state index is 5.52. The van der Waals surface area contributed by atoms with E-state index in [4.69, 9.17) is 4.74 Å². The summed E-state index contributed by atoms with van der Waals surface area (Å²) in [6.45, 7) is 11.2. The summed E-state index contributed by atoms with van der Waals surface area (Å²) in [5, 5.41) is 3.49. The van der Waals surface area contributed by atoms with Crippen LogP contribution in [-0.4, -0.2) is 74.9 Å². The van der Waals surface area contributed by atoms with Crippen molar-refractivity contribution >= 4 is 0 Å². The molecule has 0 radical (unpaired) electrons. The Morgan fingerprint density at radius 3 is 2.72 bits per heavy atom. The van der Waals surface area contributed by atoms with Crippen LogP contribution in [0.4, 0.5) is 0 Å². The van der Waals surface area contributed by atoms with Gasteiger partial charge >= 0.3 is 0 Å². The standard InChI is InChI=1S/C14H29N3O/c1-14(2)11-17(7-6-16(14)4)9-13(15-3)12-5-8-18-10-12/h12-13,15H,5-11H2,1-4H3. The van der Waals surface area contributed by atoms with E-state index in [9.17, 15) is 0 Å². The van der Waals surface area contributed by atoms with Crippen LogP contribution in [0.25, 0.3) is 0 Å². The normalized spacial score (nSPS) is 31.7. The lowest BCUT2D eigenvalue weighted by Gasteiger charge is -2.46. The number of hydrogen-bond acceptors (Lipinski definition) is 4. The van der Waals surface area contributed by atoms with E-state index in [2.05, 4.69) is 43.1 Å². The Labute approximate surface area is 112 Å². The van der Waals surface area contributed by atoms with Gasteiger partial charge in [0.15, 0.2) is 0 Å². The number of rotatable bonds is 4. The van der Waals surface area contributed by atoms with Gasteiger partial charge in [-0.15, -0.1) is 0 Å². The Bertz CT molecular complexity index is 264. The number of hydrogen-bond donors (Lipinski definition) is 1. The molecule has 18 heavy (non-hydrogen) atoms. The molecule has 0 aliphatic carbocycles. The van der Waals surface area contributed by atoms with Crippen LogP contribution >= 0.6 is 0 Å². The van der Waals surface area contributed by atoms with Crippen LogP contribution in [0.15, 0.2) is 0 Å². The molecule has 0 aromatic carbocycles. The molecule has 1 N–H and O–H groups in total. The third-order valence-electron chi connectivity index (χ3n) is 4.76. The summed E-state index contributed by atoms with van der Waals surface area (Å²) in [6, 6.07) is 0.576. The monoisotopic (exact) mass is 255 g/mol. The van der Waals surface area contributed by atoms with E-state index in [-0.39, 0.29) is 0 Å². The van der Waals surface area contributed by atoms with Crippen molar-refractivity contribution in [3.63, 3.8) is 0 Å². The molecule has 2 fully saturated rings. The van der Waals surface area contributed by atoms with Gasteiger partial charge in [0.25, 0.3) is 0 Å². The zero-order valence-corrected chi connectivity index (χ0v) is 12.4. The van der Waals surface area contributed by atoms with Crippen molar-refractivity contribution in [3.8, 4) is 0 Å². The van der Waals surface area contributed by atoms with E-state index in [0.717, 1.165) is 26.3 Å². The van der Waals surface area contributed by atoms with Gasteiger partial charge in [0.05, 0.1) is 6.61 Å². The topological polar surface area (TPSA) is 27.7 Å². The number of nitrogens with one attached hydrogen (secondary N) is 1. The summed E-state index contributed by atoms with van der Waals surface area (Å²) < 4.78 is 5.52. The second-order valence-corrected chi connectivity index (χ2v) is 6.49. The molecule has 2 aliphatic rings. The molecule has 0 aromatic heterocycles. The minimum Gasteiger partial charge on any atom is -0.381 e. The highest BCUT2D eigenvalue weighted by Gasteiger charge is 2.33. The Morgan fingerprint density at radius 1 is 1.39 bits per heavy atom. The lowest BCUT2D eigenvalue weighted by molar-refractivity contribution is 0.0313. The predicted molar refractivity (Wildman–Crippen MR) is 74.9 cm³/mol. The fourth-order valence-corrected chi connectivity index (χ4v) is 3.12. The molecule has 2 heterocycles. The summed E-state index contributed by atoms with van der Waals surface area (Å²) in [5.41, 5.74) is 0.294. The number of nitrogens with zero attached hydrogens (tertiary/aromatic N) is 2. The molecule has 2 atom stereocenters. The quantitative estimate of drug-likeness (QED) is 0.798. The van der Waals surface area contributed by atoms with Crippen LogP contribution in [0.3, 0.4) is 0 Å². The minimum absolute atomic E-state index is 0.294. The maximum absolute atomic E-state index is 5.52. The van der Waals surface area contributed by atoms with Crippen molar-refractivity contribution in [3.05, 3.63) is 0 Å². The summed E-state index contributed by atoms with van der Waals surface area (Å²) in [4.78, 5) is 5.08. The zero-order valence-electron chi connectivity index (χ0n) is 12.4. The second kappa shape index (κ2) is 5.87. The first-order valence-corrected chi connectivity index (χ1v) is 7.21. The number of ether oxygens (including phenoxy) is 1. The smallest absolute Gasteiger partial charge is 0.0510 e. The molecule has 4 heteroatoms. The van der Waals surface area contributed by atoms with Crippen molar-refractivity contribution in [2.45, 2.75) is 31.8 Å². The zero-order chi connectivity index (χ0) is 13.2. The molecule has 0 spiro atoms. The van der Waals surface area contributed by atoms with E-state index in [1.165, 1.54) is 19.5 Å². The molecular formula is C14H29N3O. The van der Waals surface area contributed by atoms with E-state index >= 15 is 0 Å². The molecular weight excluding hydrogens is 226 g/mol.